The molecular weight excluding hydrogens is 228 g/mol. The fraction of sp³-hybridized carbons (Fsp3) is 0.500. The summed E-state index contributed by atoms with van der Waals surface area (Å²) in [6.45, 7) is 3.26. The van der Waals surface area contributed by atoms with Crippen molar-refractivity contribution in [2.45, 2.75) is 31.9 Å². The lowest BCUT2D eigenvalue weighted by Crippen LogP contribution is -2.39. The minimum atomic E-state index is -0.674. The summed E-state index contributed by atoms with van der Waals surface area (Å²) in [6.07, 6.45) is 1.73. The van der Waals surface area contributed by atoms with Crippen LogP contribution in [-0.2, 0) is 16.1 Å². The Morgan fingerprint density at radius 3 is 2.89 bits per heavy atom. The van der Waals surface area contributed by atoms with E-state index in [0.29, 0.717) is 6.61 Å². The van der Waals surface area contributed by atoms with E-state index in [1.807, 2.05) is 38.2 Å². The molecule has 2 rings (SSSR count). The van der Waals surface area contributed by atoms with Crippen LogP contribution < -0.4 is 10.6 Å². The molecule has 1 unspecified atom stereocenters. The van der Waals surface area contributed by atoms with Gasteiger partial charge in [0.2, 0.25) is 0 Å². The number of hydrogen-bond acceptors (Lipinski definition) is 3. The first kappa shape index (κ1) is 13.1. The molecule has 1 heterocycles. The molecule has 0 bridgehead atoms. The van der Waals surface area contributed by atoms with Gasteiger partial charge < -0.3 is 15.4 Å². The second-order valence-electron chi connectivity index (χ2n) is 4.82. The van der Waals surface area contributed by atoms with Crippen LogP contribution >= 0.6 is 0 Å². The Kier molecular flexibility index (Phi) is 3.99. The maximum Gasteiger partial charge on any atom is 0.256 e. The number of carbonyl (C=O) groups excluding carboxylic acids is 1. The normalized spacial score (nSPS) is 23.0. The topological polar surface area (TPSA) is 50.4 Å². The molecule has 0 aliphatic carbocycles. The Morgan fingerprint density at radius 2 is 2.22 bits per heavy atom. The van der Waals surface area contributed by atoms with E-state index in [0.717, 1.165) is 30.6 Å². The maximum absolute atomic E-state index is 12.2. The second kappa shape index (κ2) is 5.50. The number of carbonyl (C=O) groups is 1. The van der Waals surface area contributed by atoms with Crippen LogP contribution in [0.3, 0.4) is 0 Å². The van der Waals surface area contributed by atoms with E-state index in [1.54, 1.807) is 0 Å². The van der Waals surface area contributed by atoms with Crippen LogP contribution in [-0.4, -0.2) is 25.2 Å². The van der Waals surface area contributed by atoms with Crippen molar-refractivity contribution in [2.75, 3.05) is 19.0 Å². The van der Waals surface area contributed by atoms with E-state index >= 15 is 0 Å². The number of anilines is 1. The second-order valence-corrected chi connectivity index (χ2v) is 4.82. The molecule has 0 aromatic heterocycles. The predicted molar refractivity (Wildman–Crippen MR) is 71.4 cm³/mol. The molecule has 1 aliphatic rings. The molecule has 1 aromatic carbocycles. The van der Waals surface area contributed by atoms with Crippen LogP contribution in [0.1, 0.15) is 25.3 Å². The Labute approximate surface area is 108 Å². The van der Waals surface area contributed by atoms with Crippen molar-refractivity contribution in [2.24, 2.45) is 0 Å². The molecule has 1 atom stereocenters. The van der Waals surface area contributed by atoms with Gasteiger partial charge >= 0.3 is 0 Å². The molecule has 2 N–H and O–H groups in total. The predicted octanol–water partition coefficient (Wildman–Crippen LogP) is 1.91. The Morgan fingerprint density at radius 1 is 1.44 bits per heavy atom. The first-order chi connectivity index (χ1) is 8.65. The van der Waals surface area contributed by atoms with Gasteiger partial charge in [0, 0.05) is 18.8 Å². The first-order valence-electron chi connectivity index (χ1n) is 6.33. The average molecular weight is 248 g/mol. The van der Waals surface area contributed by atoms with Gasteiger partial charge in [-0.1, -0.05) is 18.2 Å². The number of para-hydroxylation sites is 1. The summed E-state index contributed by atoms with van der Waals surface area (Å²) in [5.41, 5.74) is 1.26. The molecule has 0 saturated carbocycles. The van der Waals surface area contributed by atoms with E-state index < -0.39 is 5.60 Å². The van der Waals surface area contributed by atoms with Gasteiger partial charge in [-0.3, -0.25) is 4.79 Å². The third kappa shape index (κ3) is 2.71. The van der Waals surface area contributed by atoms with Crippen molar-refractivity contribution in [1.29, 1.82) is 0 Å². The lowest BCUT2D eigenvalue weighted by molar-refractivity contribution is -0.133. The van der Waals surface area contributed by atoms with Crippen molar-refractivity contribution in [3.05, 3.63) is 29.8 Å². The summed E-state index contributed by atoms with van der Waals surface area (Å²) in [7, 11) is 1.89. The van der Waals surface area contributed by atoms with Crippen LogP contribution in [0.25, 0.3) is 0 Å². The fourth-order valence-corrected chi connectivity index (χ4v) is 2.20. The summed E-state index contributed by atoms with van der Waals surface area (Å²) in [5, 5.41) is 6.07. The molecule has 1 fully saturated rings. The van der Waals surface area contributed by atoms with E-state index in [9.17, 15) is 4.79 Å². The highest BCUT2D eigenvalue weighted by Crippen LogP contribution is 2.27. The Bertz CT molecular complexity index is 426. The Balaban J connectivity index is 2.11. The molecule has 1 aliphatic heterocycles. The van der Waals surface area contributed by atoms with Crippen LogP contribution in [0.5, 0.6) is 0 Å². The first-order valence-corrected chi connectivity index (χ1v) is 6.33. The van der Waals surface area contributed by atoms with Gasteiger partial charge in [0.15, 0.2) is 0 Å². The lowest BCUT2D eigenvalue weighted by atomic mass is 10.0. The van der Waals surface area contributed by atoms with Gasteiger partial charge in [-0.2, -0.15) is 0 Å². The number of rotatable bonds is 4. The highest BCUT2D eigenvalue weighted by molar-refractivity contribution is 5.97. The number of amides is 1. The number of nitrogens with one attached hydrogen (secondary N) is 2. The SMILES string of the molecule is CNCc1ccccc1NC(=O)C1(C)CCCO1. The zero-order chi connectivity index (χ0) is 13.0. The summed E-state index contributed by atoms with van der Waals surface area (Å²) in [5.74, 6) is -0.0523. The summed E-state index contributed by atoms with van der Waals surface area (Å²) >= 11 is 0. The van der Waals surface area contributed by atoms with Gasteiger partial charge in [-0.05, 0) is 38.4 Å². The monoisotopic (exact) mass is 248 g/mol. The smallest absolute Gasteiger partial charge is 0.256 e. The van der Waals surface area contributed by atoms with Gasteiger partial charge in [0.05, 0.1) is 0 Å². The molecule has 18 heavy (non-hydrogen) atoms. The lowest BCUT2D eigenvalue weighted by Gasteiger charge is -2.22. The van der Waals surface area contributed by atoms with Crippen molar-refractivity contribution in [3.8, 4) is 0 Å². The highest BCUT2D eigenvalue weighted by Gasteiger charge is 2.37. The van der Waals surface area contributed by atoms with Crippen LogP contribution in [0.4, 0.5) is 5.69 Å². The molecule has 1 saturated heterocycles. The molecule has 0 radical (unpaired) electrons. The van der Waals surface area contributed by atoms with E-state index in [-0.39, 0.29) is 5.91 Å². The van der Waals surface area contributed by atoms with Crippen molar-refractivity contribution in [3.63, 3.8) is 0 Å². The van der Waals surface area contributed by atoms with Crippen LogP contribution in [0.2, 0.25) is 0 Å². The van der Waals surface area contributed by atoms with Crippen molar-refractivity contribution < 1.29 is 9.53 Å². The minimum Gasteiger partial charge on any atom is -0.365 e. The maximum atomic E-state index is 12.2. The van der Waals surface area contributed by atoms with Crippen molar-refractivity contribution in [1.82, 2.24) is 5.32 Å². The van der Waals surface area contributed by atoms with E-state index in [1.165, 1.54) is 0 Å². The summed E-state index contributed by atoms with van der Waals surface area (Å²) in [4.78, 5) is 12.2. The van der Waals surface area contributed by atoms with Crippen LogP contribution in [0.15, 0.2) is 24.3 Å². The molecule has 1 amide bonds. The fourth-order valence-electron chi connectivity index (χ4n) is 2.20. The van der Waals surface area contributed by atoms with Gasteiger partial charge in [0.25, 0.3) is 5.91 Å². The third-order valence-electron chi connectivity index (χ3n) is 3.33. The average Bonchev–Trinajstić information content (AvgIpc) is 2.80. The quantitative estimate of drug-likeness (QED) is 0.856. The van der Waals surface area contributed by atoms with Gasteiger partial charge in [0.1, 0.15) is 5.60 Å². The minimum absolute atomic E-state index is 0.0523. The molecule has 4 nitrogen and oxygen atoms in total. The zero-order valence-electron chi connectivity index (χ0n) is 11.0. The molecule has 0 spiro atoms. The van der Waals surface area contributed by atoms with E-state index in [2.05, 4.69) is 10.6 Å². The highest BCUT2D eigenvalue weighted by atomic mass is 16.5. The number of hydrogen-bond donors (Lipinski definition) is 2. The number of ether oxygens (including phenoxy) is 1. The summed E-state index contributed by atoms with van der Waals surface area (Å²) < 4.78 is 5.55. The van der Waals surface area contributed by atoms with Gasteiger partial charge in [-0.25, -0.2) is 0 Å². The van der Waals surface area contributed by atoms with Gasteiger partial charge in [-0.15, -0.1) is 0 Å². The standard InChI is InChI=1S/C14H20N2O2/c1-14(8-5-9-18-14)13(17)16-12-7-4-3-6-11(12)10-15-2/h3-4,6-7,15H,5,8-10H2,1-2H3,(H,16,17). The third-order valence-corrected chi connectivity index (χ3v) is 3.33. The Hall–Kier alpha value is -1.39. The summed E-state index contributed by atoms with van der Waals surface area (Å²) in [6, 6.07) is 7.82. The van der Waals surface area contributed by atoms with Crippen molar-refractivity contribution >= 4 is 11.6 Å². The molecule has 4 heteroatoms. The number of benzene rings is 1. The molecular formula is C14H20N2O2. The largest absolute Gasteiger partial charge is 0.365 e. The molecule has 1 aromatic rings. The van der Waals surface area contributed by atoms with Crippen LogP contribution in [0, 0.1) is 0 Å². The van der Waals surface area contributed by atoms with E-state index in [4.69, 9.17) is 4.74 Å². The zero-order valence-corrected chi connectivity index (χ0v) is 11.0. The molecule has 98 valence electrons.